The lowest BCUT2D eigenvalue weighted by Crippen LogP contribution is -2.52. The fourth-order valence-electron chi connectivity index (χ4n) is 2.42. The summed E-state index contributed by atoms with van der Waals surface area (Å²) in [5.41, 5.74) is 3.47. The van der Waals surface area contributed by atoms with E-state index in [0.717, 1.165) is 0 Å². The average molecular weight is 270 g/mol. The highest BCUT2D eigenvalue weighted by Crippen LogP contribution is 2.41. The first kappa shape index (κ1) is 13.8. The normalized spacial score (nSPS) is 31.1. The number of hydrogen-bond acceptors (Lipinski definition) is 2. The molecule has 0 aliphatic carbocycles. The SMILES string of the molecule is C=C1N[C@](C)(c2cc(N)ccc2F)CC[C@]1(F)CF. The Labute approximate surface area is 110 Å². The highest BCUT2D eigenvalue weighted by atomic mass is 19.2. The second-order valence-corrected chi connectivity index (χ2v) is 5.27. The van der Waals surface area contributed by atoms with Crippen molar-refractivity contribution in [2.45, 2.75) is 31.0 Å². The zero-order valence-corrected chi connectivity index (χ0v) is 10.8. The van der Waals surface area contributed by atoms with Crippen LogP contribution in [0.5, 0.6) is 0 Å². The van der Waals surface area contributed by atoms with Crippen LogP contribution >= 0.6 is 0 Å². The largest absolute Gasteiger partial charge is 0.399 e. The molecule has 0 amide bonds. The lowest BCUT2D eigenvalue weighted by Gasteiger charge is -2.43. The van der Waals surface area contributed by atoms with Gasteiger partial charge in [-0.2, -0.15) is 0 Å². The molecule has 0 spiro atoms. The molecule has 5 heteroatoms. The molecule has 3 N–H and O–H groups in total. The fourth-order valence-corrected chi connectivity index (χ4v) is 2.42. The molecule has 104 valence electrons. The molecule has 0 unspecified atom stereocenters. The van der Waals surface area contributed by atoms with E-state index in [4.69, 9.17) is 5.73 Å². The molecule has 2 nitrogen and oxygen atoms in total. The zero-order chi connectivity index (χ0) is 14.3. The minimum atomic E-state index is -2.07. The van der Waals surface area contributed by atoms with Crippen molar-refractivity contribution in [1.29, 1.82) is 0 Å². The van der Waals surface area contributed by atoms with Crippen LogP contribution in [0.2, 0.25) is 0 Å². The van der Waals surface area contributed by atoms with E-state index in [0.29, 0.717) is 11.3 Å². The van der Waals surface area contributed by atoms with Crippen molar-refractivity contribution in [1.82, 2.24) is 5.32 Å². The highest BCUT2D eigenvalue weighted by Gasteiger charge is 2.45. The maximum atomic E-state index is 14.1. The van der Waals surface area contributed by atoms with Gasteiger partial charge >= 0.3 is 0 Å². The van der Waals surface area contributed by atoms with Crippen molar-refractivity contribution in [2.75, 3.05) is 12.4 Å². The quantitative estimate of drug-likeness (QED) is 0.810. The summed E-state index contributed by atoms with van der Waals surface area (Å²) in [6.07, 6.45) is 0.215. The van der Waals surface area contributed by atoms with Crippen molar-refractivity contribution in [3.63, 3.8) is 0 Å². The summed E-state index contributed by atoms with van der Waals surface area (Å²) < 4.78 is 40.7. The molecule has 19 heavy (non-hydrogen) atoms. The zero-order valence-electron chi connectivity index (χ0n) is 10.8. The standard InChI is InChI=1S/C14H17F3N2/c1-9-14(17,8-15)6-5-13(2,19-9)11-7-10(18)3-4-12(11)16/h3-4,7,19H,1,5-6,8,18H2,2H3/t13-,14-/m0/s1. The molecule has 0 saturated carbocycles. The van der Waals surface area contributed by atoms with E-state index in [1.54, 1.807) is 6.92 Å². The Hall–Kier alpha value is -1.65. The number of alkyl halides is 2. The molecule has 0 radical (unpaired) electrons. The first-order chi connectivity index (χ1) is 8.81. The molecular weight excluding hydrogens is 253 g/mol. The van der Waals surface area contributed by atoms with Crippen LogP contribution < -0.4 is 11.1 Å². The van der Waals surface area contributed by atoms with E-state index in [1.165, 1.54) is 18.2 Å². The summed E-state index contributed by atoms with van der Waals surface area (Å²) in [4.78, 5) is 0. The van der Waals surface area contributed by atoms with Crippen LogP contribution in [0.15, 0.2) is 30.5 Å². The molecule has 1 fully saturated rings. The van der Waals surface area contributed by atoms with Crippen LogP contribution in [0.3, 0.4) is 0 Å². The first-order valence-electron chi connectivity index (χ1n) is 6.09. The number of nitrogen functional groups attached to an aromatic ring is 1. The number of halogens is 3. The Morgan fingerprint density at radius 1 is 1.42 bits per heavy atom. The number of piperidine rings is 1. The van der Waals surface area contributed by atoms with Gasteiger partial charge in [-0.25, -0.2) is 13.2 Å². The van der Waals surface area contributed by atoms with Gasteiger partial charge in [-0.1, -0.05) is 6.58 Å². The second-order valence-electron chi connectivity index (χ2n) is 5.27. The molecule has 2 atom stereocenters. The predicted octanol–water partition coefficient (Wildman–Crippen LogP) is 3.20. The smallest absolute Gasteiger partial charge is 0.177 e. The molecule has 1 aliphatic heterocycles. The summed E-state index contributed by atoms with van der Waals surface area (Å²) in [5, 5.41) is 2.81. The Balaban J connectivity index is 2.36. The van der Waals surface area contributed by atoms with Gasteiger partial charge in [0.25, 0.3) is 0 Å². The molecule has 1 aromatic rings. The van der Waals surface area contributed by atoms with E-state index < -0.39 is 23.7 Å². The van der Waals surface area contributed by atoms with Crippen molar-refractivity contribution >= 4 is 5.69 Å². The van der Waals surface area contributed by atoms with Gasteiger partial charge < -0.3 is 11.1 Å². The van der Waals surface area contributed by atoms with Crippen molar-refractivity contribution < 1.29 is 13.2 Å². The van der Waals surface area contributed by atoms with Crippen molar-refractivity contribution in [3.05, 3.63) is 41.9 Å². The number of anilines is 1. The Kier molecular flexibility index (Phi) is 3.24. The number of benzene rings is 1. The third-order valence-corrected chi connectivity index (χ3v) is 3.79. The van der Waals surface area contributed by atoms with E-state index in [9.17, 15) is 13.2 Å². The van der Waals surface area contributed by atoms with Gasteiger partial charge in [0.15, 0.2) is 5.67 Å². The number of hydrogen-bond donors (Lipinski definition) is 2. The van der Waals surface area contributed by atoms with Crippen LogP contribution in [0, 0.1) is 5.82 Å². The fraction of sp³-hybridized carbons (Fsp3) is 0.429. The topological polar surface area (TPSA) is 38.0 Å². The number of rotatable bonds is 2. The van der Waals surface area contributed by atoms with Gasteiger partial charge in [0, 0.05) is 16.9 Å². The summed E-state index contributed by atoms with van der Waals surface area (Å²) in [6, 6.07) is 4.24. The van der Waals surface area contributed by atoms with Gasteiger partial charge in [0.1, 0.15) is 12.5 Å². The average Bonchev–Trinajstić information content (AvgIpc) is 2.37. The lowest BCUT2D eigenvalue weighted by molar-refractivity contribution is 0.0882. The van der Waals surface area contributed by atoms with Gasteiger partial charge in [0.05, 0.1) is 5.54 Å². The monoisotopic (exact) mass is 270 g/mol. The van der Waals surface area contributed by atoms with E-state index >= 15 is 0 Å². The number of allylic oxidation sites excluding steroid dienone is 1. The van der Waals surface area contributed by atoms with Crippen LogP contribution in [0.4, 0.5) is 18.9 Å². The summed E-state index contributed by atoms with van der Waals surface area (Å²) in [6.45, 7) is 4.13. The molecule has 0 bridgehead atoms. The van der Waals surface area contributed by atoms with E-state index in [-0.39, 0.29) is 18.5 Å². The molecule has 0 aromatic heterocycles. The third-order valence-electron chi connectivity index (χ3n) is 3.79. The van der Waals surface area contributed by atoms with Crippen LogP contribution in [0.25, 0.3) is 0 Å². The molecular formula is C14H17F3N2. The third kappa shape index (κ3) is 2.29. The molecule has 2 rings (SSSR count). The Morgan fingerprint density at radius 2 is 2.11 bits per heavy atom. The summed E-state index contributed by atoms with van der Waals surface area (Å²) in [7, 11) is 0. The number of nitrogens with two attached hydrogens (primary N) is 1. The van der Waals surface area contributed by atoms with Crippen LogP contribution in [-0.4, -0.2) is 12.3 Å². The van der Waals surface area contributed by atoms with Crippen molar-refractivity contribution in [2.24, 2.45) is 0 Å². The maximum Gasteiger partial charge on any atom is 0.177 e. The second kappa shape index (κ2) is 4.47. The van der Waals surface area contributed by atoms with Crippen LogP contribution in [-0.2, 0) is 5.54 Å². The van der Waals surface area contributed by atoms with Crippen molar-refractivity contribution in [3.8, 4) is 0 Å². The molecule has 1 heterocycles. The molecule has 1 aliphatic rings. The lowest BCUT2D eigenvalue weighted by atomic mass is 9.78. The minimum Gasteiger partial charge on any atom is -0.399 e. The minimum absolute atomic E-state index is 0.0416. The summed E-state index contributed by atoms with van der Waals surface area (Å²) in [5.74, 6) is -0.427. The van der Waals surface area contributed by atoms with E-state index in [2.05, 4.69) is 11.9 Å². The summed E-state index contributed by atoms with van der Waals surface area (Å²) >= 11 is 0. The highest BCUT2D eigenvalue weighted by molar-refractivity contribution is 5.44. The Morgan fingerprint density at radius 3 is 2.68 bits per heavy atom. The first-order valence-corrected chi connectivity index (χ1v) is 6.09. The van der Waals surface area contributed by atoms with Gasteiger partial charge in [-0.3, -0.25) is 0 Å². The van der Waals surface area contributed by atoms with Gasteiger partial charge in [-0.15, -0.1) is 0 Å². The predicted molar refractivity (Wildman–Crippen MR) is 69.5 cm³/mol. The maximum absolute atomic E-state index is 14.1. The van der Waals surface area contributed by atoms with Crippen LogP contribution in [0.1, 0.15) is 25.3 Å². The number of nitrogens with one attached hydrogen (secondary N) is 1. The molecule has 1 aromatic carbocycles. The van der Waals surface area contributed by atoms with Gasteiger partial charge in [0.2, 0.25) is 0 Å². The molecule has 1 saturated heterocycles. The Bertz CT molecular complexity index is 517. The van der Waals surface area contributed by atoms with Gasteiger partial charge in [-0.05, 0) is 38.0 Å². The van der Waals surface area contributed by atoms with E-state index in [1.807, 2.05) is 0 Å².